The molecule has 0 saturated carbocycles. The second-order valence-corrected chi connectivity index (χ2v) is 1.78. The Kier molecular flexibility index (Phi) is 1.24. The normalized spacial score (nSPS) is 22.2. The van der Waals surface area contributed by atoms with Gasteiger partial charge in [0.25, 0.3) is 0 Å². The van der Waals surface area contributed by atoms with Crippen molar-refractivity contribution in [2.45, 2.75) is 6.92 Å². The van der Waals surface area contributed by atoms with Crippen LogP contribution in [0.5, 0.6) is 0 Å². The van der Waals surface area contributed by atoms with Crippen LogP contribution in [-0.2, 0) is 0 Å². The summed E-state index contributed by atoms with van der Waals surface area (Å²) in [6, 6.07) is 0. The average Bonchev–Trinajstić information content (AvgIpc) is 2.14. The lowest BCUT2D eigenvalue weighted by molar-refractivity contribution is -0.446. The maximum atomic E-state index is 2.00. The van der Waals surface area contributed by atoms with Gasteiger partial charge in [0.1, 0.15) is 7.05 Å². The molecule has 0 fully saturated rings. The van der Waals surface area contributed by atoms with Crippen LogP contribution in [-0.4, -0.2) is 28.8 Å². The summed E-state index contributed by atoms with van der Waals surface area (Å²) >= 11 is 0. The molecule has 1 heterocycles. The zero-order valence-corrected chi connectivity index (χ0v) is 5.20. The first-order chi connectivity index (χ1) is 3.83. The molecule has 0 bridgehead atoms. The highest BCUT2D eigenvalue weighted by atomic mass is 15.1. The maximum Gasteiger partial charge on any atom is 0.411 e. The van der Waals surface area contributed by atoms with Gasteiger partial charge in [0, 0.05) is 6.92 Å². The molecule has 42 valence electrons. The van der Waals surface area contributed by atoms with Crippen LogP contribution in [0.25, 0.3) is 0 Å². The fourth-order valence-electron chi connectivity index (χ4n) is 0.622. The first kappa shape index (κ1) is 5.22. The summed E-state index contributed by atoms with van der Waals surface area (Å²) in [4.78, 5) is 0. The van der Waals surface area contributed by atoms with Crippen LogP contribution in [0.2, 0.25) is 0 Å². The predicted molar refractivity (Wildman–Crippen MR) is 33.4 cm³/mol. The van der Waals surface area contributed by atoms with E-state index in [1.165, 1.54) is 0 Å². The molecule has 2 nitrogen and oxygen atoms in total. The van der Waals surface area contributed by atoms with E-state index < -0.39 is 0 Å². The highest BCUT2D eigenvalue weighted by Gasteiger charge is 2.08. The van der Waals surface area contributed by atoms with Crippen LogP contribution >= 0.6 is 0 Å². The highest BCUT2D eigenvalue weighted by Crippen LogP contribution is 1.82. The quantitative estimate of drug-likeness (QED) is 0.394. The molecule has 0 atom stereocenters. The van der Waals surface area contributed by atoms with Crippen LogP contribution < -0.4 is 0 Å². The summed E-state index contributed by atoms with van der Waals surface area (Å²) in [5.41, 5.74) is 0. The minimum absolute atomic E-state index is 2.00. The van der Waals surface area contributed by atoms with Gasteiger partial charge in [-0.25, -0.2) is 0 Å². The molecule has 0 aromatic rings. The Hall–Kier alpha value is -0.920. The summed E-state index contributed by atoms with van der Waals surface area (Å²) in [7, 11) is 2.00. The zero-order valence-electron chi connectivity index (χ0n) is 5.20. The minimum Gasteiger partial charge on any atom is -0.146 e. The van der Waals surface area contributed by atoms with Gasteiger partial charge in [0.2, 0.25) is 12.4 Å². The smallest absolute Gasteiger partial charge is 0.146 e. The van der Waals surface area contributed by atoms with Crippen LogP contribution in [0.3, 0.4) is 0 Å². The molecular weight excluding hydrogens is 100 g/mol. The fraction of sp³-hybridized carbons (Fsp3) is 0.333. The third-order valence-corrected chi connectivity index (χ3v) is 1.09. The number of nitrogens with zero attached hydrogens (tertiary/aromatic N) is 2. The highest BCUT2D eigenvalue weighted by molar-refractivity contribution is 5.56. The van der Waals surface area contributed by atoms with Gasteiger partial charge in [-0.3, -0.25) is 0 Å². The van der Waals surface area contributed by atoms with E-state index >= 15 is 0 Å². The van der Waals surface area contributed by atoms with Crippen molar-refractivity contribution in [3.63, 3.8) is 0 Å². The Morgan fingerprint density at radius 1 is 1.38 bits per heavy atom. The molecular formula is C6H10N2+2. The Balaban J connectivity index is 2.84. The molecule has 1 rings (SSSR count). The lowest BCUT2D eigenvalue weighted by Crippen LogP contribution is -2.01. The van der Waals surface area contributed by atoms with Crippen molar-refractivity contribution in [1.82, 2.24) is 0 Å². The third kappa shape index (κ3) is 0.832. The van der Waals surface area contributed by atoms with Gasteiger partial charge in [0.15, 0.2) is 6.21 Å². The molecule has 0 saturated heterocycles. The van der Waals surface area contributed by atoms with Crippen molar-refractivity contribution in [3.05, 3.63) is 12.4 Å². The van der Waals surface area contributed by atoms with E-state index in [4.69, 9.17) is 0 Å². The van der Waals surface area contributed by atoms with Crippen molar-refractivity contribution in [2.24, 2.45) is 0 Å². The number of hydrogen-bond acceptors (Lipinski definition) is 0. The standard InChI is InChI=1S/C6H10N2/c1-3-8-5-4-7(2)6-8/h3-6H,1-2H3/q+2. The van der Waals surface area contributed by atoms with Gasteiger partial charge in [-0.15, -0.1) is 9.15 Å². The largest absolute Gasteiger partial charge is 0.411 e. The third-order valence-electron chi connectivity index (χ3n) is 1.09. The second-order valence-electron chi connectivity index (χ2n) is 1.78. The van der Waals surface area contributed by atoms with Gasteiger partial charge in [0.05, 0.1) is 0 Å². The molecule has 0 aliphatic carbocycles. The Bertz CT molecular complexity index is 175. The first-order valence-corrected chi connectivity index (χ1v) is 2.65. The topological polar surface area (TPSA) is 6.02 Å². The average molecular weight is 110 g/mol. The molecule has 0 N–H and O–H groups in total. The van der Waals surface area contributed by atoms with Crippen molar-refractivity contribution in [1.29, 1.82) is 0 Å². The van der Waals surface area contributed by atoms with E-state index in [2.05, 4.69) is 0 Å². The Labute approximate surface area is 49.1 Å². The SMILES string of the molecule is CC=[N+]1C=C[N+](C)=C1. The Morgan fingerprint density at radius 3 is 2.38 bits per heavy atom. The number of hydrogen-bond donors (Lipinski definition) is 0. The van der Waals surface area contributed by atoms with Crippen molar-refractivity contribution < 1.29 is 9.15 Å². The van der Waals surface area contributed by atoms with Crippen LogP contribution in [0.1, 0.15) is 6.92 Å². The van der Waals surface area contributed by atoms with E-state index in [0.29, 0.717) is 0 Å². The van der Waals surface area contributed by atoms with E-state index in [1.54, 1.807) is 0 Å². The van der Waals surface area contributed by atoms with Gasteiger partial charge in [-0.2, -0.15) is 0 Å². The molecule has 0 unspecified atom stereocenters. The summed E-state index contributed by atoms with van der Waals surface area (Å²) < 4.78 is 4.00. The van der Waals surface area contributed by atoms with Crippen LogP contribution in [0.4, 0.5) is 0 Å². The summed E-state index contributed by atoms with van der Waals surface area (Å²) in [6.07, 6.45) is 8.00. The minimum atomic E-state index is 2.00. The summed E-state index contributed by atoms with van der Waals surface area (Å²) in [5.74, 6) is 0. The molecule has 8 heavy (non-hydrogen) atoms. The van der Waals surface area contributed by atoms with Crippen LogP contribution in [0.15, 0.2) is 12.4 Å². The fourth-order valence-corrected chi connectivity index (χ4v) is 0.622. The van der Waals surface area contributed by atoms with Gasteiger partial charge < -0.3 is 0 Å². The van der Waals surface area contributed by atoms with Gasteiger partial charge >= 0.3 is 6.34 Å². The lowest BCUT2D eigenvalue weighted by atomic mass is 10.8. The predicted octanol–water partition coefficient (Wildman–Crippen LogP) is 0.245. The molecule has 0 amide bonds. The first-order valence-electron chi connectivity index (χ1n) is 2.65. The maximum absolute atomic E-state index is 2.00. The monoisotopic (exact) mass is 110 g/mol. The second kappa shape index (κ2) is 1.90. The summed E-state index contributed by atoms with van der Waals surface area (Å²) in [5, 5.41) is 0. The molecule has 0 radical (unpaired) electrons. The molecule has 1 aliphatic heterocycles. The van der Waals surface area contributed by atoms with E-state index in [-0.39, 0.29) is 0 Å². The van der Waals surface area contributed by atoms with Crippen LogP contribution in [0, 0.1) is 0 Å². The van der Waals surface area contributed by atoms with E-state index in [9.17, 15) is 0 Å². The molecule has 2 heteroatoms. The molecule has 0 aromatic heterocycles. The summed E-state index contributed by atoms with van der Waals surface area (Å²) in [6.45, 7) is 2.00. The van der Waals surface area contributed by atoms with Crippen molar-refractivity contribution in [3.8, 4) is 0 Å². The van der Waals surface area contributed by atoms with Gasteiger partial charge in [-0.1, -0.05) is 0 Å². The van der Waals surface area contributed by atoms with E-state index in [0.717, 1.165) is 0 Å². The lowest BCUT2D eigenvalue weighted by Gasteiger charge is -1.68. The Morgan fingerprint density at radius 2 is 2.12 bits per heavy atom. The number of rotatable bonds is 0. The van der Waals surface area contributed by atoms with E-state index in [1.807, 2.05) is 48.1 Å². The van der Waals surface area contributed by atoms with Crippen molar-refractivity contribution in [2.75, 3.05) is 7.05 Å². The van der Waals surface area contributed by atoms with Gasteiger partial charge in [-0.05, 0) is 0 Å². The molecule has 1 aliphatic rings. The zero-order chi connectivity index (χ0) is 5.98. The molecule has 0 spiro atoms. The van der Waals surface area contributed by atoms with Crippen molar-refractivity contribution >= 4 is 12.6 Å². The molecule has 0 aromatic carbocycles.